The first-order valence-electron chi connectivity index (χ1n) is 7.03. The van der Waals surface area contributed by atoms with Gasteiger partial charge in [0.15, 0.2) is 5.69 Å². The van der Waals surface area contributed by atoms with Gasteiger partial charge in [-0.2, -0.15) is 10.3 Å². The number of hydrogen-bond donors (Lipinski definition) is 1. The van der Waals surface area contributed by atoms with E-state index in [2.05, 4.69) is 29.3 Å². The van der Waals surface area contributed by atoms with E-state index in [0.29, 0.717) is 34.6 Å². The zero-order valence-corrected chi connectivity index (χ0v) is 13.5. The minimum Gasteiger partial charge on any atom is -0.493 e. The van der Waals surface area contributed by atoms with Gasteiger partial charge in [0.2, 0.25) is 0 Å². The Labute approximate surface area is 133 Å². The van der Waals surface area contributed by atoms with Crippen molar-refractivity contribution < 1.29 is 14.3 Å². The summed E-state index contributed by atoms with van der Waals surface area (Å²) in [6.45, 7) is 6.64. The first-order valence-corrected chi connectivity index (χ1v) is 7.41. The molecule has 0 atom stereocenters. The Bertz CT molecular complexity index is 655. The first kappa shape index (κ1) is 16.3. The lowest BCUT2D eigenvalue weighted by atomic mass is 10.1. The molecule has 118 valence electrons. The number of benzene rings is 1. The largest absolute Gasteiger partial charge is 0.493 e. The van der Waals surface area contributed by atoms with Crippen LogP contribution in [0, 0.1) is 5.92 Å². The summed E-state index contributed by atoms with van der Waals surface area (Å²) < 4.78 is 10.8. The van der Waals surface area contributed by atoms with Crippen molar-refractivity contribution in [1.82, 2.24) is 15.4 Å². The molecule has 1 aromatic heterocycles. The minimum absolute atomic E-state index is 0.110. The maximum atomic E-state index is 11.9. The number of aromatic amines is 1. The molecule has 0 aliphatic carbocycles. The second-order valence-electron chi connectivity index (χ2n) is 5.09. The van der Waals surface area contributed by atoms with Crippen LogP contribution in [0.1, 0.15) is 31.3 Å². The van der Waals surface area contributed by atoms with Gasteiger partial charge in [0.25, 0.3) is 0 Å². The number of carbonyl (C=O) groups is 1. The lowest BCUT2D eigenvalue weighted by Crippen LogP contribution is -2.08. The van der Waals surface area contributed by atoms with Crippen LogP contribution in [0.2, 0.25) is 5.02 Å². The summed E-state index contributed by atoms with van der Waals surface area (Å²) in [5, 5.41) is 10.9. The SMILES string of the molecule is CCOC(=O)c1n[nH]nc1-c1cc(Cl)ccc1OCC(C)C. The summed E-state index contributed by atoms with van der Waals surface area (Å²) in [5.74, 6) is 0.420. The van der Waals surface area contributed by atoms with E-state index in [1.54, 1.807) is 25.1 Å². The van der Waals surface area contributed by atoms with Crippen LogP contribution in [0.3, 0.4) is 0 Å². The number of H-pyrrole nitrogens is 1. The van der Waals surface area contributed by atoms with Gasteiger partial charge < -0.3 is 9.47 Å². The standard InChI is InChI=1S/C15H18ClN3O3/c1-4-21-15(20)14-13(17-19-18-14)11-7-10(16)5-6-12(11)22-8-9(2)3/h5-7,9H,4,8H2,1-3H3,(H,17,18,19). The Morgan fingerprint density at radius 1 is 1.36 bits per heavy atom. The van der Waals surface area contributed by atoms with Crippen LogP contribution in [-0.4, -0.2) is 34.6 Å². The summed E-state index contributed by atoms with van der Waals surface area (Å²) in [4.78, 5) is 11.9. The fourth-order valence-electron chi connectivity index (χ4n) is 1.83. The number of halogens is 1. The molecule has 0 bridgehead atoms. The van der Waals surface area contributed by atoms with Crippen molar-refractivity contribution in [3.05, 3.63) is 28.9 Å². The summed E-state index contributed by atoms with van der Waals surface area (Å²) >= 11 is 6.06. The molecule has 0 aliphatic heterocycles. The van der Waals surface area contributed by atoms with E-state index in [4.69, 9.17) is 21.1 Å². The maximum Gasteiger partial charge on any atom is 0.361 e. The molecule has 0 radical (unpaired) electrons. The van der Waals surface area contributed by atoms with Crippen LogP contribution in [0.15, 0.2) is 18.2 Å². The smallest absolute Gasteiger partial charge is 0.361 e. The highest BCUT2D eigenvalue weighted by molar-refractivity contribution is 6.31. The Hall–Kier alpha value is -2.08. The molecular weight excluding hydrogens is 306 g/mol. The van der Waals surface area contributed by atoms with E-state index >= 15 is 0 Å². The molecule has 2 rings (SSSR count). The van der Waals surface area contributed by atoms with Crippen LogP contribution in [-0.2, 0) is 4.74 Å². The van der Waals surface area contributed by atoms with Gasteiger partial charge in [0.1, 0.15) is 11.4 Å². The molecule has 1 heterocycles. The zero-order chi connectivity index (χ0) is 16.1. The Morgan fingerprint density at radius 3 is 2.82 bits per heavy atom. The van der Waals surface area contributed by atoms with Crippen molar-refractivity contribution in [3.63, 3.8) is 0 Å². The molecule has 1 N–H and O–H groups in total. The highest BCUT2D eigenvalue weighted by atomic mass is 35.5. The van der Waals surface area contributed by atoms with E-state index in [-0.39, 0.29) is 12.3 Å². The lowest BCUT2D eigenvalue weighted by Gasteiger charge is -2.12. The molecule has 7 heteroatoms. The number of aromatic nitrogens is 3. The van der Waals surface area contributed by atoms with Crippen molar-refractivity contribution >= 4 is 17.6 Å². The van der Waals surface area contributed by atoms with Gasteiger partial charge in [-0.1, -0.05) is 25.4 Å². The predicted octanol–water partition coefficient (Wildman–Crippen LogP) is 3.34. The zero-order valence-electron chi connectivity index (χ0n) is 12.7. The predicted molar refractivity (Wildman–Crippen MR) is 83.1 cm³/mol. The second-order valence-corrected chi connectivity index (χ2v) is 5.52. The average molecular weight is 324 g/mol. The van der Waals surface area contributed by atoms with Crippen molar-refractivity contribution in [1.29, 1.82) is 0 Å². The third-order valence-electron chi connectivity index (χ3n) is 2.79. The first-order chi connectivity index (χ1) is 10.5. The average Bonchev–Trinajstić information content (AvgIpc) is 2.95. The fraction of sp³-hybridized carbons (Fsp3) is 0.400. The highest BCUT2D eigenvalue weighted by Gasteiger charge is 2.22. The molecule has 0 saturated carbocycles. The number of carbonyl (C=O) groups excluding carboxylic acids is 1. The monoisotopic (exact) mass is 323 g/mol. The van der Waals surface area contributed by atoms with E-state index in [1.165, 1.54) is 0 Å². The molecule has 22 heavy (non-hydrogen) atoms. The summed E-state index contributed by atoms with van der Waals surface area (Å²) in [7, 11) is 0. The normalized spacial score (nSPS) is 10.8. The van der Waals surface area contributed by atoms with Gasteiger partial charge in [-0.3, -0.25) is 0 Å². The Kier molecular flexibility index (Phi) is 5.38. The van der Waals surface area contributed by atoms with Crippen molar-refractivity contribution in [3.8, 4) is 17.0 Å². The molecule has 0 amide bonds. The summed E-state index contributed by atoms with van der Waals surface area (Å²) in [6, 6.07) is 5.17. The molecule has 6 nitrogen and oxygen atoms in total. The van der Waals surface area contributed by atoms with Gasteiger partial charge in [-0.15, -0.1) is 5.10 Å². The number of esters is 1. The third kappa shape index (κ3) is 3.76. The van der Waals surface area contributed by atoms with Gasteiger partial charge in [-0.25, -0.2) is 4.79 Å². The minimum atomic E-state index is -0.541. The molecule has 0 spiro atoms. The number of ether oxygens (including phenoxy) is 2. The third-order valence-corrected chi connectivity index (χ3v) is 3.02. The number of nitrogens with zero attached hydrogens (tertiary/aromatic N) is 2. The lowest BCUT2D eigenvalue weighted by molar-refractivity contribution is 0.0520. The fourth-order valence-corrected chi connectivity index (χ4v) is 2.00. The Morgan fingerprint density at radius 2 is 2.14 bits per heavy atom. The second kappa shape index (κ2) is 7.26. The van der Waals surface area contributed by atoms with Crippen LogP contribution < -0.4 is 4.74 Å². The molecule has 0 unspecified atom stereocenters. The van der Waals surface area contributed by atoms with E-state index in [1.807, 2.05) is 0 Å². The molecule has 2 aromatic rings. The summed E-state index contributed by atoms with van der Waals surface area (Å²) in [5.41, 5.74) is 1.07. The number of rotatable bonds is 6. The van der Waals surface area contributed by atoms with Gasteiger partial charge in [0, 0.05) is 10.6 Å². The molecule has 0 fully saturated rings. The van der Waals surface area contributed by atoms with Crippen LogP contribution in [0.4, 0.5) is 0 Å². The number of hydrogen-bond acceptors (Lipinski definition) is 5. The number of nitrogens with one attached hydrogen (secondary N) is 1. The van der Waals surface area contributed by atoms with Crippen LogP contribution in [0.5, 0.6) is 5.75 Å². The van der Waals surface area contributed by atoms with Crippen molar-refractivity contribution in [2.45, 2.75) is 20.8 Å². The van der Waals surface area contributed by atoms with E-state index < -0.39 is 5.97 Å². The topological polar surface area (TPSA) is 77.1 Å². The van der Waals surface area contributed by atoms with Crippen molar-refractivity contribution in [2.24, 2.45) is 5.92 Å². The van der Waals surface area contributed by atoms with Crippen LogP contribution in [0.25, 0.3) is 11.3 Å². The van der Waals surface area contributed by atoms with Gasteiger partial charge in [0.05, 0.1) is 13.2 Å². The van der Waals surface area contributed by atoms with Crippen LogP contribution >= 0.6 is 11.6 Å². The maximum absolute atomic E-state index is 11.9. The van der Waals surface area contributed by atoms with Gasteiger partial charge >= 0.3 is 5.97 Å². The molecule has 0 aliphatic rings. The highest BCUT2D eigenvalue weighted by Crippen LogP contribution is 2.33. The summed E-state index contributed by atoms with van der Waals surface area (Å²) in [6.07, 6.45) is 0. The van der Waals surface area contributed by atoms with E-state index in [0.717, 1.165) is 0 Å². The Balaban J connectivity index is 2.41. The van der Waals surface area contributed by atoms with Gasteiger partial charge in [-0.05, 0) is 31.0 Å². The quantitative estimate of drug-likeness (QED) is 0.825. The van der Waals surface area contributed by atoms with Crippen molar-refractivity contribution in [2.75, 3.05) is 13.2 Å². The van der Waals surface area contributed by atoms with E-state index in [9.17, 15) is 4.79 Å². The molecule has 1 aromatic carbocycles. The molecular formula is C15H18ClN3O3. The molecule has 0 saturated heterocycles.